The number of thioether (sulfide) groups is 1. The Bertz CT molecular complexity index is 363. The van der Waals surface area contributed by atoms with Gasteiger partial charge in [-0.1, -0.05) is 0 Å². The predicted octanol–water partition coefficient (Wildman–Crippen LogP) is 0.827. The molecule has 5 nitrogen and oxygen atoms in total. The third-order valence-electron chi connectivity index (χ3n) is 1.62. The van der Waals surface area contributed by atoms with Crippen molar-refractivity contribution in [3.63, 3.8) is 0 Å². The first kappa shape index (κ1) is 11.5. The van der Waals surface area contributed by atoms with Crippen molar-refractivity contribution >= 4 is 23.4 Å². The summed E-state index contributed by atoms with van der Waals surface area (Å²) in [7, 11) is 0. The Labute approximate surface area is 90.3 Å². The highest BCUT2D eigenvalue weighted by Crippen LogP contribution is 2.21. The van der Waals surface area contributed by atoms with Gasteiger partial charge < -0.3 is 9.90 Å². The van der Waals surface area contributed by atoms with Crippen molar-refractivity contribution in [2.24, 2.45) is 0 Å². The Morgan fingerprint density at radius 3 is 2.40 bits per heavy atom. The second-order valence-electron chi connectivity index (χ2n) is 2.72. The molecule has 0 aliphatic carbocycles. The van der Waals surface area contributed by atoms with Crippen molar-refractivity contribution in [2.45, 2.75) is 11.3 Å². The van der Waals surface area contributed by atoms with E-state index in [0.717, 1.165) is 4.90 Å². The minimum Gasteiger partial charge on any atom is -0.550 e. The van der Waals surface area contributed by atoms with Gasteiger partial charge in [0.05, 0.1) is 4.92 Å². The first-order valence-corrected chi connectivity index (χ1v) is 5.15. The number of nitrogens with zero attached hydrogens (tertiary/aromatic N) is 1. The normalized spacial score (nSPS) is 9.87. The van der Waals surface area contributed by atoms with Crippen LogP contribution in [0.3, 0.4) is 0 Å². The Hall–Kier alpha value is -1.56. The lowest BCUT2D eigenvalue weighted by Crippen LogP contribution is -2.22. The van der Waals surface area contributed by atoms with E-state index in [1.54, 1.807) is 12.1 Å². The van der Waals surface area contributed by atoms with E-state index in [-0.39, 0.29) is 12.1 Å². The van der Waals surface area contributed by atoms with E-state index < -0.39 is 10.9 Å². The molecule has 1 aromatic carbocycles. The molecule has 15 heavy (non-hydrogen) atoms. The van der Waals surface area contributed by atoms with E-state index in [4.69, 9.17) is 0 Å². The zero-order valence-electron chi connectivity index (χ0n) is 7.71. The topological polar surface area (TPSA) is 83.3 Å². The van der Waals surface area contributed by atoms with Crippen LogP contribution < -0.4 is 5.11 Å². The summed E-state index contributed by atoms with van der Waals surface area (Å²) in [4.78, 5) is 20.8. The molecule has 0 heterocycles. The Morgan fingerprint density at radius 1 is 1.33 bits per heavy atom. The summed E-state index contributed by atoms with van der Waals surface area (Å²) < 4.78 is 0. The number of rotatable bonds is 5. The quantitative estimate of drug-likeness (QED) is 0.421. The first-order valence-electron chi connectivity index (χ1n) is 4.16. The monoisotopic (exact) mass is 226 g/mol. The van der Waals surface area contributed by atoms with E-state index in [2.05, 4.69) is 0 Å². The molecule has 0 N–H and O–H groups in total. The van der Waals surface area contributed by atoms with Gasteiger partial charge in [0.25, 0.3) is 5.69 Å². The zero-order valence-corrected chi connectivity index (χ0v) is 8.53. The molecule has 0 radical (unpaired) electrons. The average Bonchev–Trinajstić information content (AvgIpc) is 2.18. The van der Waals surface area contributed by atoms with E-state index in [1.165, 1.54) is 23.9 Å². The Balaban J connectivity index is 2.50. The number of carboxylic acid groups (broad SMARTS) is 1. The highest BCUT2D eigenvalue weighted by atomic mass is 32.2. The summed E-state index contributed by atoms with van der Waals surface area (Å²) in [6, 6.07) is 5.97. The molecule has 0 aromatic heterocycles. The maximum atomic E-state index is 10.3. The minimum absolute atomic E-state index is 0.0261. The summed E-state index contributed by atoms with van der Waals surface area (Å²) >= 11 is 1.33. The van der Waals surface area contributed by atoms with Crippen LogP contribution in [0.15, 0.2) is 29.2 Å². The van der Waals surface area contributed by atoms with Crippen LogP contribution in [0.25, 0.3) is 0 Å². The van der Waals surface area contributed by atoms with Crippen molar-refractivity contribution in [1.82, 2.24) is 0 Å². The van der Waals surface area contributed by atoms with Crippen molar-refractivity contribution in [1.29, 1.82) is 0 Å². The summed E-state index contributed by atoms with van der Waals surface area (Å²) in [5.41, 5.74) is 0.0271. The number of hydrogen-bond acceptors (Lipinski definition) is 5. The third-order valence-corrected chi connectivity index (χ3v) is 2.64. The fraction of sp³-hybridized carbons (Fsp3) is 0.222. The van der Waals surface area contributed by atoms with Crippen molar-refractivity contribution in [3.05, 3.63) is 34.4 Å². The van der Waals surface area contributed by atoms with Crippen LogP contribution in [0.4, 0.5) is 5.69 Å². The number of aliphatic carboxylic acids is 1. The molecule has 0 fully saturated rings. The molecule has 0 spiro atoms. The Morgan fingerprint density at radius 2 is 1.93 bits per heavy atom. The molecule has 0 saturated heterocycles. The van der Waals surface area contributed by atoms with Gasteiger partial charge in [0.15, 0.2) is 0 Å². The molecule has 0 atom stereocenters. The van der Waals surface area contributed by atoms with Gasteiger partial charge in [-0.3, -0.25) is 10.1 Å². The van der Waals surface area contributed by atoms with Crippen LogP contribution in [0.5, 0.6) is 0 Å². The second-order valence-corrected chi connectivity index (χ2v) is 3.89. The molecule has 1 rings (SSSR count). The minimum atomic E-state index is -1.09. The van der Waals surface area contributed by atoms with E-state index in [0.29, 0.717) is 5.75 Å². The first-order chi connectivity index (χ1) is 7.09. The van der Waals surface area contributed by atoms with Crippen LogP contribution in [-0.4, -0.2) is 16.6 Å². The molecule has 0 aliphatic heterocycles. The van der Waals surface area contributed by atoms with Gasteiger partial charge in [-0.05, 0) is 18.6 Å². The fourth-order valence-electron chi connectivity index (χ4n) is 0.916. The molecule has 6 heteroatoms. The molecule has 0 unspecified atom stereocenters. The van der Waals surface area contributed by atoms with E-state index >= 15 is 0 Å². The summed E-state index contributed by atoms with van der Waals surface area (Å²) in [6.45, 7) is 0. The highest BCUT2D eigenvalue weighted by Gasteiger charge is 2.03. The summed E-state index contributed by atoms with van der Waals surface area (Å²) in [6.07, 6.45) is -0.0261. The van der Waals surface area contributed by atoms with Crippen LogP contribution in [-0.2, 0) is 4.79 Å². The molecular formula is C9H8NO4S-. The number of non-ortho nitro benzene ring substituents is 1. The average molecular weight is 226 g/mol. The fourth-order valence-corrected chi connectivity index (χ4v) is 1.75. The Kier molecular flexibility index (Phi) is 4.11. The second kappa shape index (κ2) is 5.35. The van der Waals surface area contributed by atoms with Crippen molar-refractivity contribution < 1.29 is 14.8 Å². The lowest BCUT2D eigenvalue weighted by Gasteiger charge is -2.01. The maximum absolute atomic E-state index is 10.3. The molecule has 0 aliphatic rings. The molecule has 0 amide bonds. The van der Waals surface area contributed by atoms with Crippen LogP contribution in [0, 0.1) is 10.1 Å². The number of nitro groups is 1. The van der Waals surface area contributed by atoms with Crippen molar-refractivity contribution in [2.75, 3.05) is 5.75 Å². The van der Waals surface area contributed by atoms with Gasteiger partial charge in [0.2, 0.25) is 0 Å². The maximum Gasteiger partial charge on any atom is 0.269 e. The molecule has 0 bridgehead atoms. The van der Waals surface area contributed by atoms with E-state index in [1.807, 2.05) is 0 Å². The third kappa shape index (κ3) is 3.99. The SMILES string of the molecule is O=C([O-])CCSc1ccc([N+](=O)[O-])cc1. The zero-order chi connectivity index (χ0) is 11.3. The number of carbonyl (C=O) groups is 1. The highest BCUT2D eigenvalue weighted by molar-refractivity contribution is 7.99. The van der Waals surface area contributed by atoms with Gasteiger partial charge in [-0.25, -0.2) is 0 Å². The van der Waals surface area contributed by atoms with Gasteiger partial charge in [-0.15, -0.1) is 11.8 Å². The molecular weight excluding hydrogens is 218 g/mol. The summed E-state index contributed by atoms with van der Waals surface area (Å²) in [5.74, 6) is -0.690. The van der Waals surface area contributed by atoms with Crippen LogP contribution in [0.2, 0.25) is 0 Å². The molecule has 0 saturated carbocycles. The van der Waals surface area contributed by atoms with Gasteiger partial charge >= 0.3 is 0 Å². The smallest absolute Gasteiger partial charge is 0.269 e. The number of carboxylic acids is 1. The lowest BCUT2D eigenvalue weighted by molar-refractivity contribution is -0.384. The van der Waals surface area contributed by atoms with Gasteiger partial charge in [0.1, 0.15) is 0 Å². The molecule has 80 valence electrons. The predicted molar refractivity (Wildman–Crippen MR) is 53.4 cm³/mol. The number of benzene rings is 1. The lowest BCUT2D eigenvalue weighted by atomic mass is 10.3. The van der Waals surface area contributed by atoms with E-state index in [9.17, 15) is 20.0 Å². The number of carbonyl (C=O) groups excluding carboxylic acids is 1. The van der Waals surface area contributed by atoms with Gasteiger partial charge in [0, 0.05) is 28.8 Å². The van der Waals surface area contributed by atoms with Gasteiger partial charge in [-0.2, -0.15) is 0 Å². The van der Waals surface area contributed by atoms with Crippen LogP contribution in [0.1, 0.15) is 6.42 Å². The summed E-state index contributed by atoms with van der Waals surface area (Å²) in [5, 5.41) is 20.4. The largest absolute Gasteiger partial charge is 0.550 e. The number of nitro benzene ring substituents is 1. The number of hydrogen-bond donors (Lipinski definition) is 0. The standard InChI is InChI=1S/C9H9NO4S/c11-9(12)5-6-15-8-3-1-7(2-4-8)10(13)14/h1-4H,5-6H2,(H,11,12)/p-1. The van der Waals surface area contributed by atoms with Crippen molar-refractivity contribution in [3.8, 4) is 0 Å². The van der Waals surface area contributed by atoms with Crippen LogP contribution >= 0.6 is 11.8 Å². The molecule has 1 aromatic rings.